The molecule has 0 aliphatic carbocycles. The Balaban J connectivity index is 1.23. The van der Waals surface area contributed by atoms with Gasteiger partial charge in [-0.2, -0.15) is 0 Å². The van der Waals surface area contributed by atoms with Crippen LogP contribution in [0.2, 0.25) is 0 Å². The van der Waals surface area contributed by atoms with Crippen molar-refractivity contribution in [2.24, 2.45) is 0 Å². The van der Waals surface area contributed by atoms with E-state index in [9.17, 15) is 9.59 Å². The van der Waals surface area contributed by atoms with E-state index in [2.05, 4.69) is 34.5 Å². The summed E-state index contributed by atoms with van der Waals surface area (Å²) in [5.41, 5.74) is 4.65. The lowest BCUT2D eigenvalue weighted by Crippen LogP contribution is -2.29. The van der Waals surface area contributed by atoms with Gasteiger partial charge in [0.15, 0.2) is 5.13 Å². The van der Waals surface area contributed by atoms with E-state index in [1.807, 2.05) is 66.7 Å². The average molecular weight is 597 g/mol. The molecule has 4 aromatic rings. The normalized spacial score (nSPS) is 16.5. The topological polar surface area (TPSA) is 65.5 Å². The maximum atomic E-state index is 13.8. The third-order valence-corrected chi connectivity index (χ3v) is 9.57. The van der Waals surface area contributed by atoms with E-state index in [-0.39, 0.29) is 11.8 Å². The molecule has 0 spiro atoms. The third kappa shape index (κ3) is 6.49. The first-order valence-electron chi connectivity index (χ1n) is 13.4. The van der Waals surface area contributed by atoms with E-state index in [1.165, 1.54) is 33.5 Å². The summed E-state index contributed by atoms with van der Waals surface area (Å²) < 4.78 is 0.454. The van der Waals surface area contributed by atoms with Crippen molar-refractivity contribution in [3.63, 3.8) is 0 Å². The van der Waals surface area contributed by atoms with Crippen LogP contribution in [0, 0.1) is 0 Å². The van der Waals surface area contributed by atoms with Gasteiger partial charge in [0.05, 0.1) is 17.1 Å². The molecule has 2 amide bonds. The second kappa shape index (κ2) is 12.5. The first-order chi connectivity index (χ1) is 20.0. The molecule has 0 atom stereocenters. The molecule has 1 fully saturated rings. The molecule has 3 heterocycles. The molecule has 3 aromatic carbocycles. The molecule has 1 N–H and O–H groups in total. The predicted molar refractivity (Wildman–Crippen MR) is 169 cm³/mol. The number of nitrogens with one attached hydrogen (secondary N) is 1. The molecular weight excluding hydrogens is 569 g/mol. The molecule has 2 aliphatic heterocycles. The third-order valence-electron chi connectivity index (χ3n) is 7.08. The molecule has 0 unspecified atom stereocenters. The molecule has 9 heteroatoms. The second-order valence-corrected chi connectivity index (χ2v) is 12.7. The monoisotopic (exact) mass is 596 g/mol. The van der Waals surface area contributed by atoms with Crippen LogP contribution in [-0.2, 0) is 42.1 Å². The quantitative estimate of drug-likeness (QED) is 0.193. The number of amides is 2. The standard InChI is InChI=1S/C32H28N4O2S3/c37-29(34-31-33-26-16-17-35(21-27(26)40-31)19-23-12-6-2-7-13-23)25(18-22-10-4-1-5-11-22)28-30(38)36(32(39)41-28)20-24-14-8-3-9-15-24/h1-15H,16-21H2,(H,33,34,37)/b28-25+. The number of benzene rings is 3. The Morgan fingerprint density at radius 1 is 0.878 bits per heavy atom. The first-order valence-corrected chi connectivity index (χ1v) is 15.5. The number of fused-ring (bicyclic) bond motifs is 1. The van der Waals surface area contributed by atoms with E-state index in [0.29, 0.717) is 32.9 Å². The molecule has 1 saturated heterocycles. The zero-order valence-electron chi connectivity index (χ0n) is 22.3. The lowest BCUT2D eigenvalue weighted by atomic mass is 10.0. The van der Waals surface area contributed by atoms with Gasteiger partial charge >= 0.3 is 0 Å². The highest BCUT2D eigenvalue weighted by Crippen LogP contribution is 2.36. The fourth-order valence-corrected chi connectivity index (χ4v) is 7.36. The van der Waals surface area contributed by atoms with Crippen molar-refractivity contribution in [3.05, 3.63) is 129 Å². The van der Waals surface area contributed by atoms with Gasteiger partial charge in [-0.15, -0.1) is 11.3 Å². The number of thiazole rings is 1. The molecule has 6 nitrogen and oxygen atoms in total. The summed E-state index contributed by atoms with van der Waals surface area (Å²) in [6.45, 7) is 2.97. The highest BCUT2D eigenvalue weighted by molar-refractivity contribution is 8.26. The van der Waals surface area contributed by atoms with Crippen molar-refractivity contribution in [1.82, 2.24) is 14.8 Å². The number of carbonyl (C=O) groups excluding carboxylic acids is 2. The van der Waals surface area contributed by atoms with E-state index in [1.54, 1.807) is 4.90 Å². The summed E-state index contributed by atoms with van der Waals surface area (Å²) in [6, 6.07) is 29.9. The van der Waals surface area contributed by atoms with Crippen molar-refractivity contribution in [2.45, 2.75) is 32.5 Å². The van der Waals surface area contributed by atoms with Crippen molar-refractivity contribution in [3.8, 4) is 0 Å². The van der Waals surface area contributed by atoms with Crippen molar-refractivity contribution in [1.29, 1.82) is 0 Å². The van der Waals surface area contributed by atoms with Crippen LogP contribution in [0.3, 0.4) is 0 Å². The maximum Gasteiger partial charge on any atom is 0.266 e. The maximum absolute atomic E-state index is 13.8. The van der Waals surface area contributed by atoms with Gasteiger partial charge in [0.25, 0.3) is 11.8 Å². The van der Waals surface area contributed by atoms with Crippen LogP contribution < -0.4 is 5.32 Å². The number of hydrogen-bond acceptors (Lipinski definition) is 7. The zero-order valence-corrected chi connectivity index (χ0v) is 24.7. The largest absolute Gasteiger partial charge is 0.298 e. The van der Waals surface area contributed by atoms with Crippen molar-refractivity contribution in [2.75, 3.05) is 11.9 Å². The molecule has 1 aromatic heterocycles. The molecule has 206 valence electrons. The Morgan fingerprint density at radius 2 is 1.49 bits per heavy atom. The van der Waals surface area contributed by atoms with Crippen LogP contribution in [0.5, 0.6) is 0 Å². The molecule has 41 heavy (non-hydrogen) atoms. The van der Waals surface area contributed by atoms with Gasteiger partial charge in [0.2, 0.25) is 0 Å². The SMILES string of the molecule is O=C(Nc1nc2c(s1)CN(Cc1ccccc1)CC2)/C(Cc1ccccc1)=C1/SC(=S)N(Cc2ccccc2)C1=O. The van der Waals surface area contributed by atoms with Gasteiger partial charge in [-0.05, 0) is 16.7 Å². The minimum atomic E-state index is -0.318. The Labute approximate surface area is 253 Å². The fraction of sp³-hybridized carbons (Fsp3) is 0.188. The average Bonchev–Trinajstić information content (AvgIpc) is 3.52. The van der Waals surface area contributed by atoms with Crippen LogP contribution in [0.4, 0.5) is 5.13 Å². The summed E-state index contributed by atoms with van der Waals surface area (Å²) in [6.07, 6.45) is 1.15. The summed E-state index contributed by atoms with van der Waals surface area (Å²) >= 11 is 8.31. The summed E-state index contributed by atoms with van der Waals surface area (Å²) in [5.74, 6) is -0.554. The minimum Gasteiger partial charge on any atom is -0.298 e. The van der Waals surface area contributed by atoms with Crippen LogP contribution in [-0.4, -0.2) is 37.5 Å². The number of thioether (sulfide) groups is 1. The van der Waals surface area contributed by atoms with Gasteiger partial charge in [-0.3, -0.25) is 24.7 Å². The molecular formula is C32H28N4O2S3. The van der Waals surface area contributed by atoms with E-state index >= 15 is 0 Å². The Hall–Kier alpha value is -3.63. The van der Waals surface area contributed by atoms with Crippen LogP contribution in [0.25, 0.3) is 0 Å². The summed E-state index contributed by atoms with van der Waals surface area (Å²) in [5, 5.41) is 3.59. The zero-order chi connectivity index (χ0) is 28.2. The Kier molecular flexibility index (Phi) is 8.38. The first kappa shape index (κ1) is 27.5. The number of nitrogens with zero attached hydrogens (tertiary/aromatic N) is 3. The van der Waals surface area contributed by atoms with Gasteiger partial charge in [-0.1, -0.05) is 115 Å². The van der Waals surface area contributed by atoms with Crippen LogP contribution >= 0.6 is 35.3 Å². The number of rotatable bonds is 8. The van der Waals surface area contributed by atoms with E-state index in [4.69, 9.17) is 17.2 Å². The van der Waals surface area contributed by atoms with E-state index < -0.39 is 0 Å². The van der Waals surface area contributed by atoms with Gasteiger partial charge in [-0.25, -0.2) is 4.98 Å². The number of hydrogen-bond donors (Lipinski definition) is 1. The molecule has 0 saturated carbocycles. The predicted octanol–water partition coefficient (Wildman–Crippen LogP) is 6.20. The number of thiocarbonyl (C=S) groups is 1. The molecule has 0 bridgehead atoms. The molecule has 2 aliphatic rings. The number of anilines is 1. The molecule has 0 radical (unpaired) electrons. The highest BCUT2D eigenvalue weighted by Gasteiger charge is 2.36. The Morgan fingerprint density at radius 3 is 2.15 bits per heavy atom. The lowest BCUT2D eigenvalue weighted by Gasteiger charge is -2.25. The van der Waals surface area contributed by atoms with Crippen molar-refractivity contribution < 1.29 is 9.59 Å². The smallest absolute Gasteiger partial charge is 0.266 e. The summed E-state index contributed by atoms with van der Waals surface area (Å²) in [4.78, 5) is 37.7. The van der Waals surface area contributed by atoms with Crippen LogP contribution in [0.1, 0.15) is 27.3 Å². The van der Waals surface area contributed by atoms with E-state index in [0.717, 1.165) is 42.9 Å². The lowest BCUT2D eigenvalue weighted by molar-refractivity contribution is -0.123. The number of aromatic nitrogens is 1. The minimum absolute atomic E-state index is 0.236. The Bertz CT molecular complexity index is 1600. The highest BCUT2D eigenvalue weighted by atomic mass is 32.2. The van der Waals surface area contributed by atoms with Gasteiger partial charge in [0, 0.05) is 42.9 Å². The summed E-state index contributed by atoms with van der Waals surface area (Å²) in [7, 11) is 0. The molecule has 6 rings (SSSR count). The van der Waals surface area contributed by atoms with Crippen LogP contribution in [0.15, 0.2) is 101 Å². The van der Waals surface area contributed by atoms with Crippen molar-refractivity contribution >= 4 is 56.6 Å². The number of carbonyl (C=O) groups is 2. The fourth-order valence-electron chi connectivity index (χ4n) is 5.00. The second-order valence-electron chi connectivity index (χ2n) is 10.0. The van der Waals surface area contributed by atoms with Gasteiger partial charge in [0.1, 0.15) is 4.32 Å². The van der Waals surface area contributed by atoms with Gasteiger partial charge < -0.3 is 0 Å².